The molecule has 1 fully saturated rings. The lowest BCUT2D eigenvalue weighted by molar-refractivity contribution is -0.141. The molecule has 24 heavy (non-hydrogen) atoms. The van der Waals surface area contributed by atoms with Crippen molar-refractivity contribution in [3.05, 3.63) is 36.2 Å². The molecule has 0 bridgehead atoms. The fourth-order valence-electron chi connectivity index (χ4n) is 2.70. The van der Waals surface area contributed by atoms with Crippen molar-refractivity contribution in [3.63, 3.8) is 0 Å². The lowest BCUT2D eigenvalue weighted by Crippen LogP contribution is -2.37. The first-order valence-corrected chi connectivity index (χ1v) is 7.69. The van der Waals surface area contributed by atoms with E-state index in [0.717, 1.165) is 32.1 Å². The highest BCUT2D eigenvalue weighted by molar-refractivity contribution is 5.92. The molecular weight excluding hydrogens is 323 g/mol. The second-order valence-electron chi connectivity index (χ2n) is 5.71. The van der Waals surface area contributed by atoms with Crippen molar-refractivity contribution in [1.82, 2.24) is 24.8 Å². The third-order valence-electron chi connectivity index (χ3n) is 3.91. The molecule has 0 saturated heterocycles. The maximum atomic E-state index is 13.1. The van der Waals surface area contributed by atoms with Crippen molar-refractivity contribution < 1.29 is 18.0 Å². The number of hydrogen-bond donors (Lipinski definition) is 1. The van der Waals surface area contributed by atoms with Gasteiger partial charge in [-0.1, -0.05) is 19.3 Å². The number of amides is 1. The maximum absolute atomic E-state index is 13.1. The average Bonchev–Trinajstić information content (AvgIpc) is 3.09. The van der Waals surface area contributed by atoms with Crippen LogP contribution >= 0.6 is 0 Å². The van der Waals surface area contributed by atoms with E-state index in [0.29, 0.717) is 6.07 Å². The minimum atomic E-state index is -4.67. The van der Waals surface area contributed by atoms with Gasteiger partial charge < -0.3 is 5.32 Å². The second-order valence-corrected chi connectivity index (χ2v) is 5.71. The lowest BCUT2D eigenvalue weighted by Gasteiger charge is -2.22. The van der Waals surface area contributed by atoms with Crippen molar-refractivity contribution in [2.24, 2.45) is 0 Å². The van der Waals surface area contributed by atoms with E-state index in [-0.39, 0.29) is 17.7 Å². The molecule has 0 aliphatic heterocycles. The summed E-state index contributed by atoms with van der Waals surface area (Å²) in [5.74, 6) is -0.854. The van der Waals surface area contributed by atoms with Crippen molar-refractivity contribution >= 4 is 5.91 Å². The first-order chi connectivity index (χ1) is 11.4. The lowest BCUT2D eigenvalue weighted by atomic mass is 9.95. The van der Waals surface area contributed by atoms with Crippen LogP contribution in [0.4, 0.5) is 13.2 Å². The average molecular weight is 339 g/mol. The van der Waals surface area contributed by atoms with E-state index in [2.05, 4.69) is 20.3 Å². The molecule has 3 rings (SSSR count). The fraction of sp³-hybridized carbons (Fsp3) is 0.467. The van der Waals surface area contributed by atoms with Gasteiger partial charge in [0, 0.05) is 24.5 Å². The zero-order chi connectivity index (χ0) is 17.2. The topological polar surface area (TPSA) is 72.7 Å². The van der Waals surface area contributed by atoms with Crippen LogP contribution in [0, 0.1) is 0 Å². The Morgan fingerprint density at radius 3 is 2.58 bits per heavy atom. The van der Waals surface area contributed by atoms with Crippen molar-refractivity contribution in [3.8, 4) is 5.95 Å². The van der Waals surface area contributed by atoms with Crippen molar-refractivity contribution in [2.45, 2.75) is 44.3 Å². The van der Waals surface area contributed by atoms with Crippen LogP contribution in [0.15, 0.2) is 24.8 Å². The van der Waals surface area contributed by atoms with Gasteiger partial charge in [0.25, 0.3) is 5.91 Å². The number of imidazole rings is 1. The molecule has 0 unspecified atom stereocenters. The van der Waals surface area contributed by atoms with Gasteiger partial charge in [-0.15, -0.1) is 0 Å². The van der Waals surface area contributed by atoms with E-state index < -0.39 is 17.8 Å². The van der Waals surface area contributed by atoms with Gasteiger partial charge in [0.05, 0.1) is 0 Å². The number of hydrogen-bond acceptors (Lipinski definition) is 4. The van der Waals surface area contributed by atoms with Crippen LogP contribution in [0.2, 0.25) is 0 Å². The molecular formula is C15H16F3N5O. The van der Waals surface area contributed by atoms with Crippen LogP contribution in [0.1, 0.15) is 48.3 Å². The van der Waals surface area contributed by atoms with E-state index in [9.17, 15) is 18.0 Å². The van der Waals surface area contributed by atoms with E-state index in [1.54, 1.807) is 0 Å². The minimum absolute atomic E-state index is 0.0211. The third-order valence-corrected chi connectivity index (χ3v) is 3.91. The standard InChI is InChI=1S/C15H16F3N5O/c16-15(17,18)12-8-11(13(24)20-10-4-2-1-3-5-10)21-14(22-12)23-7-6-19-9-23/h6-10H,1-5H2,(H,20,24). The largest absolute Gasteiger partial charge is 0.433 e. The number of nitrogens with zero attached hydrogens (tertiary/aromatic N) is 4. The predicted molar refractivity (Wildman–Crippen MR) is 78.5 cm³/mol. The normalized spacial score (nSPS) is 16.1. The Kier molecular flexibility index (Phi) is 4.50. The van der Waals surface area contributed by atoms with Gasteiger partial charge in [-0.3, -0.25) is 9.36 Å². The number of alkyl halides is 3. The summed E-state index contributed by atoms with van der Waals surface area (Å²) < 4.78 is 40.4. The number of carbonyl (C=O) groups excluding carboxylic acids is 1. The van der Waals surface area contributed by atoms with Gasteiger partial charge >= 0.3 is 6.18 Å². The van der Waals surface area contributed by atoms with Gasteiger partial charge in [0.1, 0.15) is 12.0 Å². The highest BCUT2D eigenvalue weighted by Gasteiger charge is 2.34. The summed E-state index contributed by atoms with van der Waals surface area (Å²) in [7, 11) is 0. The van der Waals surface area contributed by atoms with Crippen LogP contribution < -0.4 is 5.32 Å². The predicted octanol–water partition coefficient (Wildman–Crippen LogP) is 2.74. The van der Waals surface area contributed by atoms with E-state index >= 15 is 0 Å². The summed E-state index contributed by atoms with van der Waals surface area (Å²) in [5, 5.41) is 2.76. The van der Waals surface area contributed by atoms with Crippen LogP contribution in [0.3, 0.4) is 0 Å². The highest BCUT2D eigenvalue weighted by Crippen LogP contribution is 2.28. The molecule has 1 aliphatic carbocycles. The van der Waals surface area contributed by atoms with Crippen LogP contribution in [0.5, 0.6) is 0 Å². The molecule has 128 valence electrons. The molecule has 0 radical (unpaired) electrons. The molecule has 9 heteroatoms. The Labute approximate surface area is 136 Å². The minimum Gasteiger partial charge on any atom is -0.348 e. The van der Waals surface area contributed by atoms with Gasteiger partial charge in [-0.2, -0.15) is 13.2 Å². The summed E-state index contributed by atoms with van der Waals surface area (Å²) in [6.07, 6.45) is 4.20. The summed E-state index contributed by atoms with van der Waals surface area (Å²) in [4.78, 5) is 23.5. The zero-order valence-corrected chi connectivity index (χ0v) is 12.8. The Morgan fingerprint density at radius 2 is 1.96 bits per heavy atom. The van der Waals surface area contributed by atoms with Gasteiger partial charge in [0.15, 0.2) is 5.69 Å². The van der Waals surface area contributed by atoms with Crippen LogP contribution in [-0.4, -0.2) is 31.5 Å². The molecule has 0 atom stereocenters. The van der Waals surface area contributed by atoms with E-state index in [1.165, 1.54) is 23.3 Å². The Hall–Kier alpha value is -2.45. The highest BCUT2D eigenvalue weighted by atomic mass is 19.4. The van der Waals surface area contributed by atoms with E-state index in [1.807, 2.05) is 0 Å². The first-order valence-electron chi connectivity index (χ1n) is 7.69. The summed E-state index contributed by atoms with van der Waals surface area (Å²) in [6.45, 7) is 0. The molecule has 0 spiro atoms. The smallest absolute Gasteiger partial charge is 0.348 e. The second kappa shape index (κ2) is 6.58. The number of aromatic nitrogens is 4. The number of nitrogens with one attached hydrogen (secondary N) is 1. The van der Waals surface area contributed by atoms with Crippen molar-refractivity contribution in [1.29, 1.82) is 0 Å². The summed E-state index contributed by atoms with van der Waals surface area (Å²) >= 11 is 0. The Bertz CT molecular complexity index is 708. The fourth-order valence-corrected chi connectivity index (χ4v) is 2.70. The quantitative estimate of drug-likeness (QED) is 0.933. The molecule has 2 aromatic heterocycles. The number of carbonyl (C=O) groups is 1. The third kappa shape index (κ3) is 3.72. The van der Waals surface area contributed by atoms with Gasteiger partial charge in [0.2, 0.25) is 5.95 Å². The van der Waals surface area contributed by atoms with Gasteiger partial charge in [-0.05, 0) is 12.8 Å². The molecule has 6 nitrogen and oxygen atoms in total. The molecule has 2 aromatic rings. The monoisotopic (exact) mass is 339 g/mol. The van der Waals surface area contributed by atoms with Crippen LogP contribution in [0.25, 0.3) is 5.95 Å². The number of rotatable bonds is 3. The molecule has 1 saturated carbocycles. The molecule has 0 aromatic carbocycles. The summed E-state index contributed by atoms with van der Waals surface area (Å²) in [6, 6.07) is 0.658. The Balaban J connectivity index is 1.91. The molecule has 1 aliphatic rings. The zero-order valence-electron chi connectivity index (χ0n) is 12.8. The SMILES string of the molecule is O=C(NC1CCCCC1)c1cc(C(F)(F)F)nc(-n2ccnc2)n1. The first kappa shape index (κ1) is 16.4. The molecule has 2 heterocycles. The number of halogens is 3. The van der Waals surface area contributed by atoms with E-state index in [4.69, 9.17) is 0 Å². The molecule has 1 N–H and O–H groups in total. The maximum Gasteiger partial charge on any atom is 0.433 e. The summed E-state index contributed by atoms with van der Waals surface area (Å²) in [5.41, 5.74) is -1.46. The van der Waals surface area contributed by atoms with Crippen molar-refractivity contribution in [2.75, 3.05) is 0 Å². The van der Waals surface area contributed by atoms with Crippen LogP contribution in [-0.2, 0) is 6.18 Å². The Morgan fingerprint density at radius 1 is 1.21 bits per heavy atom. The molecule has 1 amide bonds. The van der Waals surface area contributed by atoms with Gasteiger partial charge in [-0.25, -0.2) is 15.0 Å².